The van der Waals surface area contributed by atoms with Crippen LogP contribution in [0, 0.1) is 0 Å². The summed E-state index contributed by atoms with van der Waals surface area (Å²) < 4.78 is 0. The number of H-pyrrole nitrogens is 2. The van der Waals surface area contributed by atoms with E-state index in [0.29, 0.717) is 6.04 Å². The fourth-order valence-corrected chi connectivity index (χ4v) is 2.74. The van der Waals surface area contributed by atoms with Crippen LogP contribution in [0.5, 0.6) is 0 Å². The fraction of sp³-hybridized carbons (Fsp3) is 0.462. The van der Waals surface area contributed by atoms with E-state index in [4.69, 9.17) is 0 Å². The van der Waals surface area contributed by atoms with Crippen molar-refractivity contribution in [1.29, 1.82) is 0 Å². The van der Waals surface area contributed by atoms with Crippen molar-refractivity contribution in [3.8, 4) is 0 Å². The monoisotopic (exact) mass is 265 g/mol. The zero-order chi connectivity index (χ0) is 13.1. The summed E-state index contributed by atoms with van der Waals surface area (Å²) in [4.78, 5) is 16.7. The second kappa shape index (κ2) is 5.63. The van der Waals surface area contributed by atoms with E-state index in [2.05, 4.69) is 41.5 Å². The Morgan fingerprint density at radius 3 is 2.72 bits per heavy atom. The van der Waals surface area contributed by atoms with Crippen molar-refractivity contribution in [2.75, 3.05) is 12.0 Å². The van der Waals surface area contributed by atoms with Crippen LogP contribution in [0.2, 0.25) is 0 Å². The molecule has 2 aromatic rings. The Balaban J connectivity index is 2.17. The molecule has 0 aliphatic rings. The van der Waals surface area contributed by atoms with Crippen molar-refractivity contribution in [2.45, 2.75) is 25.9 Å². The Morgan fingerprint density at radius 1 is 1.28 bits per heavy atom. The highest BCUT2D eigenvalue weighted by Gasteiger charge is 2.10. The van der Waals surface area contributed by atoms with Gasteiger partial charge in [0.2, 0.25) is 0 Å². The third kappa shape index (κ3) is 2.97. The highest BCUT2D eigenvalue weighted by Crippen LogP contribution is 2.17. The molecule has 0 bridgehead atoms. The minimum Gasteiger partial charge on any atom is -0.307 e. The van der Waals surface area contributed by atoms with Crippen LogP contribution in [0.3, 0.4) is 0 Å². The Kier molecular flexibility index (Phi) is 4.14. The Bertz CT molecular complexity index is 575. The smallest absolute Gasteiger partial charge is 0.307 e. The molecule has 18 heavy (non-hydrogen) atoms. The quantitative estimate of drug-likeness (QED) is 0.777. The first-order valence-corrected chi connectivity index (χ1v) is 7.46. The molecule has 2 atom stereocenters. The Morgan fingerprint density at radius 2 is 2.00 bits per heavy atom. The van der Waals surface area contributed by atoms with Crippen LogP contribution >= 0.6 is 11.8 Å². The highest BCUT2D eigenvalue weighted by molar-refractivity contribution is 7.98. The van der Waals surface area contributed by atoms with E-state index in [9.17, 15) is 4.79 Å². The van der Waals surface area contributed by atoms with Crippen LogP contribution in [0.4, 0.5) is 0 Å². The molecule has 0 fully saturated rings. The van der Waals surface area contributed by atoms with Gasteiger partial charge in [-0.1, -0.05) is 6.07 Å². The van der Waals surface area contributed by atoms with Gasteiger partial charge in [-0.25, -0.2) is 4.79 Å². The minimum absolute atomic E-state index is 0.154. The van der Waals surface area contributed by atoms with Crippen LogP contribution in [-0.4, -0.2) is 28.0 Å². The summed E-state index contributed by atoms with van der Waals surface area (Å²) in [5, 5.41) is 3.55. The molecule has 0 radical (unpaired) electrons. The zero-order valence-electron chi connectivity index (χ0n) is 10.9. The molecule has 4 nitrogen and oxygen atoms in total. The molecular weight excluding hydrogens is 246 g/mol. The number of benzene rings is 1. The molecule has 2 rings (SSSR count). The SMILES string of the molecule is CSCC(C)NC(C)c1ccc2[nH]c(=O)[nH]c2c1. The van der Waals surface area contributed by atoms with E-state index in [1.54, 1.807) is 0 Å². The topological polar surface area (TPSA) is 60.7 Å². The molecule has 0 spiro atoms. The van der Waals surface area contributed by atoms with E-state index in [1.807, 2.05) is 23.9 Å². The minimum atomic E-state index is -0.154. The number of rotatable bonds is 5. The molecule has 3 N–H and O–H groups in total. The molecule has 1 heterocycles. The summed E-state index contributed by atoms with van der Waals surface area (Å²) in [5.74, 6) is 1.09. The highest BCUT2D eigenvalue weighted by atomic mass is 32.2. The van der Waals surface area contributed by atoms with Crippen LogP contribution in [0.15, 0.2) is 23.0 Å². The van der Waals surface area contributed by atoms with Gasteiger partial charge in [-0.15, -0.1) is 0 Å². The van der Waals surface area contributed by atoms with Crippen molar-refractivity contribution in [3.05, 3.63) is 34.2 Å². The fourth-order valence-electron chi connectivity index (χ4n) is 2.14. The van der Waals surface area contributed by atoms with Crippen LogP contribution in [-0.2, 0) is 0 Å². The van der Waals surface area contributed by atoms with Gasteiger partial charge < -0.3 is 15.3 Å². The maximum atomic E-state index is 11.2. The molecular formula is C13H19N3OS. The second-order valence-electron chi connectivity index (χ2n) is 4.63. The number of hydrogen-bond acceptors (Lipinski definition) is 3. The summed E-state index contributed by atoms with van der Waals surface area (Å²) in [6, 6.07) is 6.76. The summed E-state index contributed by atoms with van der Waals surface area (Å²) in [6.45, 7) is 4.33. The van der Waals surface area contributed by atoms with Crippen LogP contribution in [0.1, 0.15) is 25.5 Å². The molecule has 98 valence electrons. The maximum Gasteiger partial charge on any atom is 0.323 e. The molecule has 1 aromatic carbocycles. The van der Waals surface area contributed by atoms with E-state index < -0.39 is 0 Å². The Hall–Kier alpha value is -1.20. The number of thioether (sulfide) groups is 1. The third-order valence-corrected chi connectivity index (χ3v) is 3.82. The van der Waals surface area contributed by atoms with Gasteiger partial charge in [-0.05, 0) is 37.8 Å². The first kappa shape index (κ1) is 13.2. The first-order valence-electron chi connectivity index (χ1n) is 6.07. The lowest BCUT2D eigenvalue weighted by Gasteiger charge is -2.19. The Labute approximate surface area is 111 Å². The number of imidazole rings is 1. The summed E-state index contributed by atoms with van der Waals surface area (Å²) in [7, 11) is 0. The van der Waals surface area contributed by atoms with Crippen LogP contribution in [0.25, 0.3) is 11.0 Å². The lowest BCUT2D eigenvalue weighted by Crippen LogP contribution is -2.30. The number of nitrogens with one attached hydrogen (secondary N) is 3. The largest absolute Gasteiger partial charge is 0.323 e. The van der Waals surface area contributed by atoms with Gasteiger partial charge in [0.05, 0.1) is 11.0 Å². The van der Waals surface area contributed by atoms with Crippen molar-refractivity contribution >= 4 is 22.8 Å². The molecule has 0 amide bonds. The molecule has 0 saturated carbocycles. The number of aromatic nitrogens is 2. The first-order chi connectivity index (χ1) is 8.60. The molecule has 0 aliphatic heterocycles. The van der Waals surface area contributed by atoms with Gasteiger partial charge >= 0.3 is 5.69 Å². The number of aromatic amines is 2. The standard InChI is InChI=1S/C13H19N3OS/c1-8(7-18-3)14-9(2)10-4-5-11-12(6-10)16-13(17)15-11/h4-6,8-9,14H,7H2,1-3H3,(H2,15,16,17). The maximum absolute atomic E-state index is 11.2. The predicted octanol–water partition coefficient (Wildman–Crippen LogP) is 2.26. The van der Waals surface area contributed by atoms with Gasteiger partial charge in [0.25, 0.3) is 0 Å². The summed E-state index contributed by atoms with van der Waals surface area (Å²) in [5.41, 5.74) is 2.75. The number of hydrogen-bond donors (Lipinski definition) is 3. The van der Waals surface area contributed by atoms with E-state index in [1.165, 1.54) is 5.56 Å². The van der Waals surface area contributed by atoms with Crippen molar-refractivity contribution < 1.29 is 0 Å². The lowest BCUT2D eigenvalue weighted by atomic mass is 10.1. The van der Waals surface area contributed by atoms with Crippen molar-refractivity contribution in [1.82, 2.24) is 15.3 Å². The average molecular weight is 265 g/mol. The van der Waals surface area contributed by atoms with Crippen molar-refractivity contribution in [2.24, 2.45) is 0 Å². The zero-order valence-corrected chi connectivity index (χ0v) is 11.7. The molecule has 0 aliphatic carbocycles. The summed E-state index contributed by atoms with van der Waals surface area (Å²) in [6.07, 6.45) is 2.11. The van der Waals surface area contributed by atoms with Gasteiger partial charge in [0.1, 0.15) is 0 Å². The van der Waals surface area contributed by atoms with Crippen LogP contribution < -0.4 is 11.0 Å². The van der Waals surface area contributed by atoms with Gasteiger partial charge in [0.15, 0.2) is 0 Å². The lowest BCUT2D eigenvalue weighted by molar-refractivity contribution is 0.512. The van der Waals surface area contributed by atoms with Gasteiger partial charge in [-0.3, -0.25) is 0 Å². The van der Waals surface area contributed by atoms with Gasteiger partial charge in [0, 0.05) is 17.8 Å². The second-order valence-corrected chi connectivity index (χ2v) is 5.54. The molecule has 1 aromatic heterocycles. The predicted molar refractivity (Wildman–Crippen MR) is 78.3 cm³/mol. The summed E-state index contributed by atoms with van der Waals surface area (Å²) >= 11 is 1.84. The van der Waals surface area contributed by atoms with E-state index >= 15 is 0 Å². The normalized spacial score (nSPS) is 14.8. The van der Waals surface area contributed by atoms with E-state index in [0.717, 1.165) is 16.8 Å². The molecule has 0 saturated heterocycles. The third-order valence-electron chi connectivity index (χ3n) is 2.99. The molecule has 5 heteroatoms. The molecule has 2 unspecified atom stereocenters. The average Bonchev–Trinajstić information content (AvgIpc) is 2.68. The number of fused-ring (bicyclic) bond motifs is 1. The van der Waals surface area contributed by atoms with Crippen molar-refractivity contribution in [3.63, 3.8) is 0 Å². The van der Waals surface area contributed by atoms with Gasteiger partial charge in [-0.2, -0.15) is 11.8 Å². The van der Waals surface area contributed by atoms with E-state index in [-0.39, 0.29) is 11.7 Å².